The van der Waals surface area contributed by atoms with Gasteiger partial charge in [0.05, 0.1) is 22.9 Å². The summed E-state index contributed by atoms with van der Waals surface area (Å²) in [4.78, 5) is 10.0. The molecule has 1 aromatic carbocycles. The van der Waals surface area contributed by atoms with Gasteiger partial charge in [-0.3, -0.25) is 10.1 Å². The second-order valence-corrected chi connectivity index (χ2v) is 3.24. The Labute approximate surface area is 96.1 Å². The fraction of sp³-hybridized carbons (Fsp3) is 0.100. The summed E-state index contributed by atoms with van der Waals surface area (Å²) in [5.41, 5.74) is 1.41. The predicted octanol–water partition coefficient (Wildman–Crippen LogP) is 1.38. The number of nitriles is 1. The minimum Gasteiger partial charge on any atom is -0.258 e. The number of hydrogen-bond acceptors (Lipinski definition) is 5. The van der Waals surface area contributed by atoms with Gasteiger partial charge < -0.3 is 0 Å². The van der Waals surface area contributed by atoms with E-state index in [0.29, 0.717) is 5.69 Å². The topological polar surface area (TPSA) is 97.6 Å². The largest absolute Gasteiger partial charge is 0.269 e. The molecule has 0 aliphatic carbocycles. The van der Waals surface area contributed by atoms with Gasteiger partial charge in [0, 0.05) is 17.7 Å². The van der Waals surface area contributed by atoms with E-state index in [1.165, 1.54) is 23.0 Å². The Hall–Kier alpha value is -2.75. The van der Waals surface area contributed by atoms with Crippen LogP contribution in [0.4, 0.5) is 5.69 Å². The average Bonchev–Trinajstić information content (AvgIpc) is 2.78. The van der Waals surface area contributed by atoms with Crippen LogP contribution in [0, 0.1) is 21.4 Å². The first-order chi connectivity index (χ1) is 8.22. The van der Waals surface area contributed by atoms with Gasteiger partial charge in [0.1, 0.15) is 6.54 Å². The van der Waals surface area contributed by atoms with E-state index in [0.717, 1.165) is 5.56 Å². The second-order valence-electron chi connectivity index (χ2n) is 3.24. The van der Waals surface area contributed by atoms with Crippen molar-refractivity contribution in [2.75, 3.05) is 0 Å². The minimum atomic E-state index is -0.464. The molecule has 84 valence electrons. The quantitative estimate of drug-likeness (QED) is 0.584. The van der Waals surface area contributed by atoms with Gasteiger partial charge in [0.15, 0.2) is 0 Å². The summed E-state index contributed by atoms with van der Waals surface area (Å²) < 4.78 is 1.43. The fourth-order valence-corrected chi connectivity index (χ4v) is 1.42. The Morgan fingerprint density at radius 2 is 2.12 bits per heavy atom. The Morgan fingerprint density at radius 1 is 1.41 bits per heavy atom. The minimum absolute atomic E-state index is 0.0213. The third-order valence-corrected chi connectivity index (χ3v) is 2.21. The standard InChI is InChI=1S/C10H7N5O2/c11-5-6-14-10(7-12-13-14)8-1-3-9(4-2-8)15(16)17/h1-4,7H,6H2. The lowest BCUT2D eigenvalue weighted by Gasteiger charge is -2.01. The molecule has 17 heavy (non-hydrogen) atoms. The number of nitro groups is 1. The van der Waals surface area contributed by atoms with Gasteiger partial charge in [-0.2, -0.15) is 5.26 Å². The fourth-order valence-electron chi connectivity index (χ4n) is 1.42. The van der Waals surface area contributed by atoms with Gasteiger partial charge in [0.25, 0.3) is 5.69 Å². The van der Waals surface area contributed by atoms with Crippen molar-refractivity contribution in [2.45, 2.75) is 6.54 Å². The Morgan fingerprint density at radius 3 is 2.71 bits per heavy atom. The molecule has 1 aromatic heterocycles. The molecule has 0 N–H and O–H groups in total. The number of aromatic nitrogens is 3. The van der Waals surface area contributed by atoms with Gasteiger partial charge in [-0.15, -0.1) is 5.10 Å². The summed E-state index contributed by atoms with van der Waals surface area (Å²) in [5.74, 6) is 0. The number of nitrogens with zero attached hydrogens (tertiary/aromatic N) is 5. The molecular formula is C10H7N5O2. The van der Waals surface area contributed by atoms with Crippen molar-refractivity contribution in [1.29, 1.82) is 5.26 Å². The molecule has 7 nitrogen and oxygen atoms in total. The maximum absolute atomic E-state index is 10.5. The molecule has 0 atom stereocenters. The van der Waals surface area contributed by atoms with E-state index in [1.807, 2.05) is 6.07 Å². The van der Waals surface area contributed by atoms with Crippen LogP contribution < -0.4 is 0 Å². The lowest BCUT2D eigenvalue weighted by Crippen LogP contribution is -2.00. The number of rotatable bonds is 3. The summed E-state index contributed by atoms with van der Waals surface area (Å²) in [6.45, 7) is 0.0896. The smallest absolute Gasteiger partial charge is 0.258 e. The highest BCUT2D eigenvalue weighted by atomic mass is 16.6. The molecule has 0 unspecified atom stereocenters. The van der Waals surface area contributed by atoms with E-state index >= 15 is 0 Å². The van der Waals surface area contributed by atoms with Crippen molar-refractivity contribution in [2.24, 2.45) is 0 Å². The van der Waals surface area contributed by atoms with E-state index in [9.17, 15) is 10.1 Å². The van der Waals surface area contributed by atoms with E-state index < -0.39 is 4.92 Å². The van der Waals surface area contributed by atoms with Crippen LogP contribution >= 0.6 is 0 Å². The lowest BCUT2D eigenvalue weighted by molar-refractivity contribution is -0.384. The Bertz CT molecular complexity index is 581. The zero-order chi connectivity index (χ0) is 12.3. The first-order valence-corrected chi connectivity index (χ1v) is 4.72. The van der Waals surface area contributed by atoms with Crippen LogP contribution in [0.25, 0.3) is 11.3 Å². The SMILES string of the molecule is N#CCn1nncc1-c1ccc([N+](=O)[O-])cc1. The van der Waals surface area contributed by atoms with Crippen LogP contribution in [-0.2, 0) is 6.54 Å². The van der Waals surface area contributed by atoms with Gasteiger partial charge >= 0.3 is 0 Å². The molecule has 1 heterocycles. The van der Waals surface area contributed by atoms with Crippen molar-refractivity contribution in [3.8, 4) is 17.3 Å². The van der Waals surface area contributed by atoms with Crippen molar-refractivity contribution >= 4 is 5.69 Å². The molecule has 0 aliphatic rings. The molecular weight excluding hydrogens is 222 g/mol. The van der Waals surface area contributed by atoms with Gasteiger partial charge in [0.2, 0.25) is 0 Å². The van der Waals surface area contributed by atoms with Gasteiger partial charge in [-0.1, -0.05) is 5.21 Å². The van der Waals surface area contributed by atoms with E-state index in [4.69, 9.17) is 5.26 Å². The number of benzene rings is 1. The summed E-state index contributed by atoms with van der Waals surface area (Å²) in [5, 5.41) is 26.6. The summed E-state index contributed by atoms with van der Waals surface area (Å²) in [6.07, 6.45) is 1.51. The summed E-state index contributed by atoms with van der Waals surface area (Å²) in [7, 11) is 0. The van der Waals surface area contributed by atoms with Gasteiger partial charge in [-0.05, 0) is 12.1 Å². The third kappa shape index (κ3) is 2.10. The zero-order valence-corrected chi connectivity index (χ0v) is 8.65. The lowest BCUT2D eigenvalue weighted by atomic mass is 10.1. The molecule has 0 saturated heterocycles. The second kappa shape index (κ2) is 4.40. The summed E-state index contributed by atoms with van der Waals surface area (Å²) >= 11 is 0. The zero-order valence-electron chi connectivity index (χ0n) is 8.65. The predicted molar refractivity (Wildman–Crippen MR) is 57.7 cm³/mol. The average molecular weight is 229 g/mol. The monoisotopic (exact) mass is 229 g/mol. The van der Waals surface area contributed by atoms with Crippen molar-refractivity contribution < 1.29 is 4.92 Å². The number of nitro benzene ring substituents is 1. The van der Waals surface area contributed by atoms with E-state index in [1.54, 1.807) is 12.1 Å². The van der Waals surface area contributed by atoms with Crippen molar-refractivity contribution in [1.82, 2.24) is 15.0 Å². The molecule has 7 heteroatoms. The molecule has 0 saturated carbocycles. The molecule has 0 fully saturated rings. The normalized spacial score (nSPS) is 9.82. The highest BCUT2D eigenvalue weighted by molar-refractivity contribution is 5.60. The molecule has 2 rings (SSSR count). The van der Waals surface area contributed by atoms with Crippen LogP contribution in [0.1, 0.15) is 0 Å². The Balaban J connectivity index is 2.37. The van der Waals surface area contributed by atoms with Crippen molar-refractivity contribution in [3.63, 3.8) is 0 Å². The Kier molecular flexibility index (Phi) is 2.79. The highest BCUT2D eigenvalue weighted by Crippen LogP contribution is 2.21. The number of hydrogen-bond donors (Lipinski definition) is 0. The third-order valence-electron chi connectivity index (χ3n) is 2.21. The first-order valence-electron chi connectivity index (χ1n) is 4.72. The molecule has 0 aliphatic heterocycles. The highest BCUT2D eigenvalue weighted by Gasteiger charge is 2.09. The van der Waals surface area contributed by atoms with Crippen molar-refractivity contribution in [3.05, 3.63) is 40.6 Å². The van der Waals surface area contributed by atoms with Crippen LogP contribution in [0.2, 0.25) is 0 Å². The summed E-state index contributed by atoms with van der Waals surface area (Å²) in [6, 6.07) is 7.97. The van der Waals surface area contributed by atoms with Crippen LogP contribution in [0.3, 0.4) is 0 Å². The molecule has 0 radical (unpaired) electrons. The molecule has 0 spiro atoms. The van der Waals surface area contributed by atoms with Crippen LogP contribution in [0.15, 0.2) is 30.5 Å². The molecule has 2 aromatic rings. The maximum atomic E-state index is 10.5. The van der Waals surface area contributed by atoms with Crippen LogP contribution in [0.5, 0.6) is 0 Å². The van der Waals surface area contributed by atoms with Crippen LogP contribution in [-0.4, -0.2) is 19.9 Å². The molecule has 0 amide bonds. The first kappa shape index (κ1) is 10.8. The molecule has 0 bridgehead atoms. The van der Waals surface area contributed by atoms with E-state index in [-0.39, 0.29) is 12.2 Å². The van der Waals surface area contributed by atoms with Gasteiger partial charge in [-0.25, -0.2) is 4.68 Å². The maximum Gasteiger partial charge on any atom is 0.269 e. The van der Waals surface area contributed by atoms with E-state index in [2.05, 4.69) is 10.3 Å². The number of non-ortho nitro benzene ring substituents is 1.